The molecule has 1 aromatic rings. The van der Waals surface area contributed by atoms with Crippen molar-refractivity contribution in [2.24, 2.45) is 0 Å². The zero-order valence-corrected chi connectivity index (χ0v) is 9.05. The fraction of sp³-hybridized carbons (Fsp3) is 0.273. The minimum Gasteiger partial charge on any atom is -0.490 e. The van der Waals surface area contributed by atoms with Crippen LogP contribution >= 0.6 is 0 Å². The molecule has 1 atom stereocenters. The third-order valence-electron chi connectivity index (χ3n) is 3.13. The maximum absolute atomic E-state index is 13.6. The Morgan fingerprint density at radius 3 is 2.72 bits per heavy atom. The van der Waals surface area contributed by atoms with E-state index in [-0.39, 0.29) is 24.3 Å². The minimum absolute atomic E-state index is 0.00889. The maximum atomic E-state index is 13.6. The molecule has 1 aromatic carbocycles. The molecule has 1 fully saturated rings. The normalized spacial score (nSPS) is 25.4. The van der Waals surface area contributed by atoms with E-state index >= 15 is 0 Å². The maximum Gasteiger partial charge on any atom is 0.322 e. The van der Waals surface area contributed by atoms with E-state index in [1.54, 1.807) is 0 Å². The number of amides is 3. The van der Waals surface area contributed by atoms with Gasteiger partial charge >= 0.3 is 6.03 Å². The van der Waals surface area contributed by atoms with E-state index in [0.29, 0.717) is 6.07 Å². The standard InChI is InChI=1S/C11H8F2N2O3/c12-5-3-6-8(7(13)4-5)18-2-1-11(6)9(16)14-10(17)15-11/h3-4H,1-2H2,(H2,14,15,16,17)/t11-/m0/s1. The van der Waals surface area contributed by atoms with Crippen molar-refractivity contribution in [3.63, 3.8) is 0 Å². The van der Waals surface area contributed by atoms with Gasteiger partial charge in [-0.1, -0.05) is 0 Å². The van der Waals surface area contributed by atoms with Crippen molar-refractivity contribution in [3.8, 4) is 5.75 Å². The molecule has 3 amide bonds. The van der Waals surface area contributed by atoms with Crippen LogP contribution in [0.25, 0.3) is 0 Å². The molecule has 2 heterocycles. The minimum atomic E-state index is -1.44. The summed E-state index contributed by atoms with van der Waals surface area (Å²) < 4.78 is 32.0. The van der Waals surface area contributed by atoms with Crippen LogP contribution in [0.3, 0.4) is 0 Å². The summed E-state index contributed by atoms with van der Waals surface area (Å²) in [7, 11) is 0. The van der Waals surface area contributed by atoms with Crippen LogP contribution in [0.5, 0.6) is 5.75 Å². The predicted octanol–water partition coefficient (Wildman–Crippen LogP) is 0.782. The molecule has 94 valence electrons. The number of hydrogen-bond acceptors (Lipinski definition) is 3. The molecule has 2 aliphatic rings. The van der Waals surface area contributed by atoms with E-state index in [9.17, 15) is 18.4 Å². The second kappa shape index (κ2) is 3.41. The van der Waals surface area contributed by atoms with Crippen molar-refractivity contribution < 1.29 is 23.1 Å². The Morgan fingerprint density at radius 2 is 2.06 bits per heavy atom. The summed E-state index contributed by atoms with van der Waals surface area (Å²) in [5.41, 5.74) is -1.43. The smallest absolute Gasteiger partial charge is 0.322 e. The van der Waals surface area contributed by atoms with Gasteiger partial charge in [-0.25, -0.2) is 13.6 Å². The van der Waals surface area contributed by atoms with Crippen LogP contribution in [0.15, 0.2) is 12.1 Å². The van der Waals surface area contributed by atoms with Gasteiger partial charge in [0.05, 0.1) is 6.61 Å². The van der Waals surface area contributed by atoms with Gasteiger partial charge in [0.2, 0.25) is 0 Å². The first kappa shape index (κ1) is 10.9. The Hall–Kier alpha value is -2.18. The number of hydrogen-bond donors (Lipinski definition) is 2. The van der Waals surface area contributed by atoms with Crippen molar-refractivity contribution in [1.82, 2.24) is 10.6 Å². The lowest BCUT2D eigenvalue weighted by molar-refractivity contribution is -0.125. The Balaban J connectivity index is 2.23. The molecule has 0 unspecified atom stereocenters. The SMILES string of the molecule is O=C1NC(=O)[C@@]2(CCOc3c(F)cc(F)cc32)N1. The quantitative estimate of drug-likeness (QED) is 0.672. The summed E-state index contributed by atoms with van der Waals surface area (Å²) in [6.45, 7) is 0.0588. The lowest BCUT2D eigenvalue weighted by atomic mass is 9.84. The molecule has 0 aromatic heterocycles. The summed E-state index contributed by atoms with van der Waals surface area (Å²) in [6.07, 6.45) is 0.125. The highest BCUT2D eigenvalue weighted by Crippen LogP contribution is 2.40. The van der Waals surface area contributed by atoms with Crippen molar-refractivity contribution in [2.45, 2.75) is 12.0 Å². The van der Waals surface area contributed by atoms with E-state index in [1.165, 1.54) is 0 Å². The van der Waals surface area contributed by atoms with Crippen LogP contribution in [0.1, 0.15) is 12.0 Å². The van der Waals surface area contributed by atoms with Gasteiger partial charge in [0, 0.05) is 18.1 Å². The Labute approximate surface area is 100 Å². The number of carbonyl (C=O) groups is 2. The Bertz CT molecular complexity index is 576. The molecule has 2 aliphatic heterocycles. The number of urea groups is 1. The number of halogens is 2. The first-order chi connectivity index (χ1) is 8.53. The molecule has 0 saturated carbocycles. The molecule has 1 saturated heterocycles. The second-order valence-electron chi connectivity index (χ2n) is 4.18. The van der Waals surface area contributed by atoms with Crippen molar-refractivity contribution >= 4 is 11.9 Å². The highest BCUT2D eigenvalue weighted by molar-refractivity contribution is 6.07. The summed E-state index contributed by atoms with van der Waals surface area (Å²) in [5.74, 6) is -2.54. The molecular weight excluding hydrogens is 246 g/mol. The van der Waals surface area contributed by atoms with Crippen molar-refractivity contribution in [2.75, 3.05) is 6.61 Å². The number of rotatable bonds is 0. The molecule has 2 N–H and O–H groups in total. The summed E-state index contributed by atoms with van der Waals surface area (Å²) in [6, 6.07) is 0.993. The summed E-state index contributed by atoms with van der Waals surface area (Å²) in [4.78, 5) is 23.1. The van der Waals surface area contributed by atoms with Crippen LogP contribution in [-0.2, 0) is 10.3 Å². The predicted molar refractivity (Wildman–Crippen MR) is 54.8 cm³/mol. The molecule has 0 aliphatic carbocycles. The molecule has 1 spiro atoms. The summed E-state index contributed by atoms with van der Waals surface area (Å²) in [5, 5.41) is 4.48. The average molecular weight is 254 g/mol. The van der Waals surface area contributed by atoms with Crippen molar-refractivity contribution in [1.29, 1.82) is 0 Å². The van der Waals surface area contributed by atoms with E-state index in [2.05, 4.69) is 10.6 Å². The van der Waals surface area contributed by atoms with Crippen LogP contribution in [-0.4, -0.2) is 18.5 Å². The number of carbonyl (C=O) groups excluding carboxylic acids is 2. The van der Waals surface area contributed by atoms with E-state index in [1.807, 2.05) is 0 Å². The highest BCUT2D eigenvalue weighted by Gasteiger charge is 2.51. The average Bonchev–Trinajstić information content (AvgIpc) is 2.56. The molecule has 7 heteroatoms. The van der Waals surface area contributed by atoms with Crippen LogP contribution in [0.4, 0.5) is 13.6 Å². The molecule has 0 bridgehead atoms. The van der Waals surface area contributed by atoms with Crippen molar-refractivity contribution in [3.05, 3.63) is 29.3 Å². The van der Waals surface area contributed by atoms with E-state index in [4.69, 9.17) is 4.74 Å². The van der Waals surface area contributed by atoms with Crippen LogP contribution in [0.2, 0.25) is 0 Å². The highest BCUT2D eigenvalue weighted by atomic mass is 19.1. The van der Waals surface area contributed by atoms with Gasteiger partial charge in [0.15, 0.2) is 17.1 Å². The fourth-order valence-electron chi connectivity index (χ4n) is 2.32. The Kier molecular flexibility index (Phi) is 2.07. The summed E-state index contributed by atoms with van der Waals surface area (Å²) >= 11 is 0. The number of ether oxygens (including phenoxy) is 1. The largest absolute Gasteiger partial charge is 0.490 e. The number of nitrogens with one attached hydrogen (secondary N) is 2. The van der Waals surface area contributed by atoms with Crippen LogP contribution in [0, 0.1) is 11.6 Å². The van der Waals surface area contributed by atoms with Gasteiger partial charge < -0.3 is 10.1 Å². The van der Waals surface area contributed by atoms with Gasteiger partial charge in [-0.3, -0.25) is 10.1 Å². The van der Waals surface area contributed by atoms with Crippen LogP contribution < -0.4 is 15.4 Å². The zero-order chi connectivity index (χ0) is 12.9. The zero-order valence-electron chi connectivity index (χ0n) is 9.05. The van der Waals surface area contributed by atoms with Gasteiger partial charge in [-0.05, 0) is 6.07 Å². The number of benzene rings is 1. The lowest BCUT2D eigenvalue weighted by Crippen LogP contribution is -2.47. The fourth-order valence-corrected chi connectivity index (χ4v) is 2.32. The lowest BCUT2D eigenvalue weighted by Gasteiger charge is -2.32. The van der Waals surface area contributed by atoms with Gasteiger partial charge in [-0.2, -0.15) is 0 Å². The van der Waals surface area contributed by atoms with Gasteiger partial charge in [0.1, 0.15) is 5.82 Å². The van der Waals surface area contributed by atoms with Gasteiger partial charge in [0.25, 0.3) is 5.91 Å². The molecule has 5 nitrogen and oxygen atoms in total. The monoisotopic (exact) mass is 254 g/mol. The molecular formula is C11H8F2N2O3. The first-order valence-corrected chi connectivity index (χ1v) is 5.29. The number of fused-ring (bicyclic) bond motifs is 2. The number of imide groups is 1. The first-order valence-electron chi connectivity index (χ1n) is 5.29. The van der Waals surface area contributed by atoms with E-state index < -0.39 is 29.1 Å². The molecule has 0 radical (unpaired) electrons. The Morgan fingerprint density at radius 1 is 1.28 bits per heavy atom. The second-order valence-corrected chi connectivity index (χ2v) is 4.18. The van der Waals surface area contributed by atoms with Gasteiger partial charge in [-0.15, -0.1) is 0 Å². The molecule has 3 rings (SSSR count). The molecule has 18 heavy (non-hydrogen) atoms. The third-order valence-corrected chi connectivity index (χ3v) is 3.13. The third kappa shape index (κ3) is 1.30. The topological polar surface area (TPSA) is 67.4 Å². The van der Waals surface area contributed by atoms with E-state index in [0.717, 1.165) is 6.07 Å².